The van der Waals surface area contributed by atoms with E-state index in [4.69, 9.17) is 4.74 Å². The van der Waals surface area contributed by atoms with Gasteiger partial charge in [0.05, 0.1) is 19.2 Å². The molecule has 0 saturated carbocycles. The van der Waals surface area contributed by atoms with E-state index in [9.17, 15) is 4.79 Å². The number of nitrogens with one attached hydrogen (secondary N) is 1. The first kappa shape index (κ1) is 22.4. The number of aryl methyl sites for hydroxylation is 2. The van der Waals surface area contributed by atoms with Gasteiger partial charge in [-0.3, -0.25) is 9.69 Å². The van der Waals surface area contributed by atoms with Crippen LogP contribution in [-0.4, -0.2) is 42.8 Å². The second-order valence-corrected chi connectivity index (χ2v) is 9.26. The fourth-order valence-corrected chi connectivity index (χ4v) is 4.50. The maximum absolute atomic E-state index is 12.9. The predicted molar refractivity (Wildman–Crippen MR) is 130 cm³/mol. The van der Waals surface area contributed by atoms with Crippen LogP contribution in [0.3, 0.4) is 0 Å². The topological polar surface area (TPSA) is 88.9 Å². The van der Waals surface area contributed by atoms with Gasteiger partial charge in [0, 0.05) is 30.8 Å². The van der Waals surface area contributed by atoms with Crippen molar-refractivity contribution >= 4 is 10.9 Å². The van der Waals surface area contributed by atoms with Gasteiger partial charge in [-0.15, -0.1) is 5.10 Å². The molecule has 4 aromatic rings. The second kappa shape index (κ2) is 9.87. The Bertz CT molecular complexity index is 1320. The Morgan fingerprint density at radius 1 is 1.06 bits per heavy atom. The van der Waals surface area contributed by atoms with Gasteiger partial charge >= 0.3 is 0 Å². The summed E-state index contributed by atoms with van der Waals surface area (Å²) in [6, 6.07) is 16.6. The zero-order chi connectivity index (χ0) is 23.5. The summed E-state index contributed by atoms with van der Waals surface area (Å²) in [4.78, 5) is 18.2. The highest BCUT2D eigenvalue weighted by atomic mass is 16.5. The molecule has 176 valence electrons. The minimum Gasteiger partial charge on any atom is -0.376 e. The van der Waals surface area contributed by atoms with E-state index in [2.05, 4.69) is 68.7 Å². The minimum absolute atomic E-state index is 0.0639. The summed E-state index contributed by atoms with van der Waals surface area (Å²) in [7, 11) is 0. The van der Waals surface area contributed by atoms with Crippen molar-refractivity contribution in [3.63, 3.8) is 0 Å². The molecule has 8 heteroatoms. The molecule has 0 bridgehead atoms. The smallest absolute Gasteiger partial charge is 0.252 e. The summed E-state index contributed by atoms with van der Waals surface area (Å²) in [5, 5.41) is 13.5. The highest BCUT2D eigenvalue weighted by Crippen LogP contribution is 2.18. The molecule has 1 aliphatic rings. The van der Waals surface area contributed by atoms with Gasteiger partial charge in [0.2, 0.25) is 0 Å². The first-order valence-corrected chi connectivity index (χ1v) is 11.8. The van der Waals surface area contributed by atoms with E-state index in [0.717, 1.165) is 47.3 Å². The lowest BCUT2D eigenvalue weighted by Crippen LogP contribution is -2.29. The van der Waals surface area contributed by atoms with Gasteiger partial charge in [0.15, 0.2) is 5.82 Å². The van der Waals surface area contributed by atoms with Crippen molar-refractivity contribution in [1.29, 1.82) is 0 Å². The Kier molecular flexibility index (Phi) is 6.51. The first-order valence-electron chi connectivity index (χ1n) is 11.8. The number of aromatic amines is 1. The third-order valence-electron chi connectivity index (χ3n) is 6.37. The summed E-state index contributed by atoms with van der Waals surface area (Å²) < 4.78 is 7.62. The lowest BCUT2D eigenvalue weighted by Gasteiger charge is -2.22. The second-order valence-electron chi connectivity index (χ2n) is 9.26. The number of pyridine rings is 1. The Labute approximate surface area is 198 Å². The highest BCUT2D eigenvalue weighted by molar-refractivity contribution is 5.79. The van der Waals surface area contributed by atoms with E-state index in [-0.39, 0.29) is 11.7 Å². The van der Waals surface area contributed by atoms with Crippen LogP contribution < -0.4 is 5.56 Å². The third-order valence-corrected chi connectivity index (χ3v) is 6.37. The lowest BCUT2D eigenvalue weighted by atomic mass is 10.1. The largest absolute Gasteiger partial charge is 0.376 e. The predicted octanol–water partition coefficient (Wildman–Crippen LogP) is 3.51. The Morgan fingerprint density at radius 3 is 2.68 bits per heavy atom. The normalized spacial score (nSPS) is 16.0. The molecule has 1 fully saturated rings. The number of tetrazole rings is 1. The van der Waals surface area contributed by atoms with Crippen LogP contribution in [0.5, 0.6) is 0 Å². The quantitative estimate of drug-likeness (QED) is 0.435. The molecule has 8 nitrogen and oxygen atoms in total. The van der Waals surface area contributed by atoms with E-state index in [0.29, 0.717) is 26.2 Å². The van der Waals surface area contributed by atoms with Crippen molar-refractivity contribution in [3.05, 3.63) is 87.0 Å². The maximum atomic E-state index is 12.9. The van der Waals surface area contributed by atoms with E-state index in [1.807, 2.05) is 23.7 Å². The summed E-state index contributed by atoms with van der Waals surface area (Å²) in [5.74, 6) is 0.774. The fraction of sp³-hybridized carbons (Fsp3) is 0.385. The molecule has 3 heterocycles. The monoisotopic (exact) mass is 458 g/mol. The van der Waals surface area contributed by atoms with Gasteiger partial charge in [0.25, 0.3) is 5.56 Å². The molecule has 1 saturated heterocycles. The molecular formula is C26H30N6O2. The van der Waals surface area contributed by atoms with Gasteiger partial charge in [-0.1, -0.05) is 42.0 Å². The van der Waals surface area contributed by atoms with Crippen molar-refractivity contribution in [3.8, 4) is 0 Å². The number of hydrogen-bond acceptors (Lipinski definition) is 6. The number of nitrogens with zero attached hydrogens (tertiary/aromatic N) is 5. The average molecular weight is 459 g/mol. The van der Waals surface area contributed by atoms with Crippen molar-refractivity contribution < 1.29 is 4.74 Å². The SMILES string of the molecule is Cc1ccc(CN(Cc2cc3ccc(C)cc3[nH]c2=O)Cc2nnnn2CC2CCCO2)cc1. The van der Waals surface area contributed by atoms with Gasteiger partial charge < -0.3 is 9.72 Å². The number of ether oxygens (including phenoxy) is 1. The van der Waals surface area contributed by atoms with E-state index >= 15 is 0 Å². The zero-order valence-corrected chi connectivity index (χ0v) is 19.7. The first-order chi connectivity index (χ1) is 16.5. The van der Waals surface area contributed by atoms with Crippen LogP contribution in [0.2, 0.25) is 0 Å². The molecule has 2 aromatic carbocycles. The molecule has 0 spiro atoms. The van der Waals surface area contributed by atoms with E-state index < -0.39 is 0 Å². The molecule has 0 radical (unpaired) electrons. The van der Waals surface area contributed by atoms with Crippen LogP contribution in [0.25, 0.3) is 10.9 Å². The molecule has 1 aliphatic heterocycles. The van der Waals surface area contributed by atoms with Crippen molar-refractivity contribution in [1.82, 2.24) is 30.1 Å². The van der Waals surface area contributed by atoms with Crippen molar-refractivity contribution in [2.75, 3.05) is 6.61 Å². The van der Waals surface area contributed by atoms with E-state index in [1.54, 1.807) is 0 Å². The number of fused-ring (bicyclic) bond motifs is 1. The molecule has 1 atom stereocenters. The maximum Gasteiger partial charge on any atom is 0.252 e. The number of hydrogen-bond donors (Lipinski definition) is 1. The number of aromatic nitrogens is 5. The van der Waals surface area contributed by atoms with Gasteiger partial charge in [-0.25, -0.2) is 4.68 Å². The fourth-order valence-electron chi connectivity index (χ4n) is 4.50. The van der Waals surface area contributed by atoms with Gasteiger partial charge in [-0.05, 0) is 65.8 Å². The molecular weight excluding hydrogens is 428 g/mol. The molecule has 34 heavy (non-hydrogen) atoms. The van der Waals surface area contributed by atoms with Crippen LogP contribution in [0.15, 0.2) is 53.3 Å². The number of benzene rings is 2. The molecule has 1 unspecified atom stereocenters. The summed E-state index contributed by atoms with van der Waals surface area (Å²) in [6.07, 6.45) is 2.25. The highest BCUT2D eigenvalue weighted by Gasteiger charge is 2.20. The minimum atomic E-state index is -0.0639. The summed E-state index contributed by atoms with van der Waals surface area (Å²) in [6.45, 7) is 7.24. The van der Waals surface area contributed by atoms with Crippen LogP contribution in [0, 0.1) is 13.8 Å². The molecule has 0 aliphatic carbocycles. The molecule has 0 amide bonds. The van der Waals surface area contributed by atoms with Crippen LogP contribution >= 0.6 is 0 Å². The van der Waals surface area contributed by atoms with Crippen LogP contribution in [0.1, 0.15) is 40.9 Å². The summed E-state index contributed by atoms with van der Waals surface area (Å²) >= 11 is 0. The number of rotatable bonds is 8. The van der Waals surface area contributed by atoms with E-state index in [1.165, 1.54) is 11.1 Å². The Morgan fingerprint density at radius 2 is 1.88 bits per heavy atom. The zero-order valence-electron chi connectivity index (χ0n) is 19.7. The van der Waals surface area contributed by atoms with Crippen LogP contribution in [-0.2, 0) is 30.9 Å². The Hall–Kier alpha value is -3.36. The molecule has 1 N–H and O–H groups in total. The van der Waals surface area contributed by atoms with Gasteiger partial charge in [0.1, 0.15) is 0 Å². The average Bonchev–Trinajstić information content (AvgIpc) is 3.49. The lowest BCUT2D eigenvalue weighted by molar-refractivity contribution is 0.0914. The molecule has 5 rings (SSSR count). The van der Waals surface area contributed by atoms with Crippen LogP contribution in [0.4, 0.5) is 0 Å². The third kappa shape index (κ3) is 5.24. The summed E-state index contributed by atoms with van der Waals surface area (Å²) in [5.41, 5.74) is 5.04. The van der Waals surface area contributed by atoms with Crippen molar-refractivity contribution in [2.45, 2.75) is 59.0 Å². The molecule has 2 aromatic heterocycles. The van der Waals surface area contributed by atoms with Crippen molar-refractivity contribution in [2.24, 2.45) is 0 Å². The Balaban J connectivity index is 1.42. The standard InChI is InChI=1S/C26H30N6O2/c1-18-5-8-20(9-6-18)14-31(17-25-28-29-30-32(25)16-23-4-3-11-34-23)15-22-13-21-10-7-19(2)12-24(21)27-26(22)33/h5-10,12-13,23H,3-4,11,14-17H2,1-2H3,(H,27,33). The number of H-pyrrole nitrogens is 1. The van der Waals surface area contributed by atoms with Gasteiger partial charge in [-0.2, -0.15) is 0 Å².